The Hall–Kier alpha value is -4.37. The second-order valence-corrected chi connectivity index (χ2v) is 9.37. The molecule has 2 N–H and O–H groups in total. The minimum Gasteiger partial charge on any atom is -0.494 e. The van der Waals surface area contributed by atoms with E-state index in [9.17, 15) is 4.79 Å². The van der Waals surface area contributed by atoms with E-state index in [2.05, 4.69) is 15.5 Å². The van der Waals surface area contributed by atoms with Crippen molar-refractivity contribution in [3.8, 4) is 5.75 Å². The zero-order valence-electron chi connectivity index (χ0n) is 22.0. The van der Waals surface area contributed by atoms with Crippen LogP contribution in [0.3, 0.4) is 0 Å². The van der Waals surface area contributed by atoms with Gasteiger partial charge in [0.2, 0.25) is 5.90 Å². The van der Waals surface area contributed by atoms with E-state index in [0.29, 0.717) is 30.2 Å². The van der Waals surface area contributed by atoms with Gasteiger partial charge in [0.1, 0.15) is 5.75 Å². The van der Waals surface area contributed by atoms with E-state index in [1.807, 2.05) is 78.9 Å². The normalized spacial score (nSPS) is 18.2. The molecular weight excluding hydrogens is 496 g/mol. The molecule has 4 rings (SSSR count). The summed E-state index contributed by atoms with van der Waals surface area (Å²) in [5, 5.41) is 14.3. The maximum absolute atomic E-state index is 14.0. The van der Waals surface area contributed by atoms with Crippen molar-refractivity contribution in [2.45, 2.75) is 31.0 Å². The van der Waals surface area contributed by atoms with E-state index in [4.69, 9.17) is 25.1 Å². The fraction of sp³-hybridized carbons (Fsp3) is 0.310. The number of benzene rings is 3. The molecule has 0 radical (unpaired) electrons. The summed E-state index contributed by atoms with van der Waals surface area (Å²) in [4.78, 5) is 21.9. The molecule has 0 spiro atoms. The average Bonchev–Trinajstić information content (AvgIpc) is 3.34. The fourth-order valence-corrected chi connectivity index (χ4v) is 4.49. The topological polar surface area (TPSA) is 132 Å². The zero-order chi connectivity index (χ0) is 27.7. The van der Waals surface area contributed by atoms with Gasteiger partial charge in [-0.1, -0.05) is 59.7 Å². The summed E-state index contributed by atoms with van der Waals surface area (Å²) in [6.45, 7) is 0.627. The molecule has 10 heteroatoms. The van der Waals surface area contributed by atoms with Crippen LogP contribution in [-0.2, 0) is 22.5 Å². The van der Waals surface area contributed by atoms with E-state index in [-0.39, 0.29) is 25.5 Å². The molecule has 39 heavy (non-hydrogen) atoms. The molecule has 1 heterocycles. The Kier molecular flexibility index (Phi) is 9.17. The molecule has 202 valence electrons. The third-order valence-electron chi connectivity index (χ3n) is 6.34. The Morgan fingerprint density at radius 2 is 1.79 bits per heavy atom. The Bertz CT molecular complexity index is 1340. The Balaban J connectivity index is 1.80. The van der Waals surface area contributed by atoms with Crippen molar-refractivity contribution in [3.05, 3.63) is 112 Å². The summed E-state index contributed by atoms with van der Waals surface area (Å²) in [6.07, 6.45) is 0.0394. The van der Waals surface area contributed by atoms with Crippen molar-refractivity contribution in [1.29, 1.82) is 0 Å². The van der Waals surface area contributed by atoms with Gasteiger partial charge in [-0.3, -0.25) is 10.2 Å². The number of amides is 1. The number of carbonyl (C=O) groups excluding carboxylic acids is 1. The van der Waals surface area contributed by atoms with Crippen molar-refractivity contribution >= 4 is 11.8 Å². The van der Waals surface area contributed by atoms with Crippen molar-refractivity contribution in [2.75, 3.05) is 27.3 Å². The van der Waals surface area contributed by atoms with Gasteiger partial charge in [0.15, 0.2) is 11.6 Å². The standard InChI is InChI=1S/C29H32N6O4/c1-35(2)33-28(37)29(19-23-11-6-7-12-24(23)20-31-34-30)26(21-9-4-3-5-10-21)39-27(32-29)22-13-15-25(16-14-22)38-18-8-17-36/h3-7,9-16,26,36H,8,17-20H2,1-2H3,(H,33,37)/t26-,29-/m0/s1. The van der Waals surface area contributed by atoms with Crippen LogP contribution in [-0.4, -0.2) is 54.8 Å². The molecule has 3 aromatic carbocycles. The molecule has 0 saturated carbocycles. The van der Waals surface area contributed by atoms with E-state index < -0.39 is 11.6 Å². The molecule has 1 aliphatic rings. The van der Waals surface area contributed by atoms with Crippen LogP contribution >= 0.6 is 0 Å². The summed E-state index contributed by atoms with van der Waals surface area (Å²) in [5.74, 6) is 0.681. The highest BCUT2D eigenvalue weighted by Crippen LogP contribution is 2.43. The number of carbonyl (C=O) groups is 1. The van der Waals surface area contributed by atoms with Crippen LogP contribution < -0.4 is 10.2 Å². The molecule has 3 aromatic rings. The predicted molar refractivity (Wildman–Crippen MR) is 148 cm³/mol. The SMILES string of the molecule is CN(C)NC(=O)[C@@]1(Cc2ccccc2CN=[N+]=[N-])N=C(c2ccc(OCCCO)cc2)O[C@H]1c1ccccc1. The van der Waals surface area contributed by atoms with Crippen molar-refractivity contribution in [2.24, 2.45) is 10.1 Å². The highest BCUT2D eigenvalue weighted by atomic mass is 16.5. The first-order valence-corrected chi connectivity index (χ1v) is 12.7. The summed E-state index contributed by atoms with van der Waals surface area (Å²) < 4.78 is 12.2. The number of aliphatic imine (C=N–C) groups is 1. The van der Waals surface area contributed by atoms with E-state index in [0.717, 1.165) is 16.7 Å². The third kappa shape index (κ3) is 6.56. The summed E-state index contributed by atoms with van der Waals surface area (Å²) >= 11 is 0. The second kappa shape index (κ2) is 12.9. The molecule has 0 aromatic heterocycles. The summed E-state index contributed by atoms with van der Waals surface area (Å²) in [5.41, 5.74) is 13.6. The number of aliphatic hydroxyl groups is 1. The van der Waals surface area contributed by atoms with Crippen LogP contribution in [0.2, 0.25) is 0 Å². The van der Waals surface area contributed by atoms with E-state index >= 15 is 0 Å². The van der Waals surface area contributed by atoms with Crippen LogP contribution in [0.15, 0.2) is 89.0 Å². The Morgan fingerprint density at radius 3 is 2.46 bits per heavy atom. The lowest BCUT2D eigenvalue weighted by molar-refractivity contribution is -0.132. The number of hydrogen-bond donors (Lipinski definition) is 2. The van der Waals surface area contributed by atoms with Gasteiger partial charge in [-0.15, -0.1) is 0 Å². The number of hydrogen-bond acceptors (Lipinski definition) is 7. The van der Waals surface area contributed by atoms with Gasteiger partial charge in [0, 0.05) is 44.0 Å². The third-order valence-corrected chi connectivity index (χ3v) is 6.34. The lowest BCUT2D eigenvalue weighted by atomic mass is 9.81. The van der Waals surface area contributed by atoms with Crippen LogP contribution in [0, 0.1) is 0 Å². The first-order valence-electron chi connectivity index (χ1n) is 12.7. The maximum Gasteiger partial charge on any atom is 0.266 e. The van der Waals surface area contributed by atoms with Crippen molar-refractivity contribution < 1.29 is 19.4 Å². The molecule has 10 nitrogen and oxygen atoms in total. The maximum atomic E-state index is 14.0. The smallest absolute Gasteiger partial charge is 0.266 e. The highest BCUT2D eigenvalue weighted by Gasteiger charge is 2.53. The van der Waals surface area contributed by atoms with Crippen LogP contribution in [0.25, 0.3) is 10.4 Å². The van der Waals surface area contributed by atoms with Gasteiger partial charge in [0.05, 0.1) is 13.2 Å². The van der Waals surface area contributed by atoms with Gasteiger partial charge in [-0.05, 0) is 46.5 Å². The van der Waals surface area contributed by atoms with Crippen LogP contribution in [0.4, 0.5) is 0 Å². The molecule has 0 saturated heterocycles. The van der Waals surface area contributed by atoms with Crippen LogP contribution in [0.5, 0.6) is 5.75 Å². The van der Waals surface area contributed by atoms with Crippen LogP contribution in [0.1, 0.15) is 34.8 Å². The zero-order valence-corrected chi connectivity index (χ0v) is 22.0. The minimum absolute atomic E-state index is 0.0622. The summed E-state index contributed by atoms with van der Waals surface area (Å²) in [7, 11) is 3.49. The number of ether oxygens (including phenoxy) is 2. The first-order chi connectivity index (χ1) is 19.0. The van der Waals surface area contributed by atoms with Crippen molar-refractivity contribution in [3.63, 3.8) is 0 Å². The highest BCUT2D eigenvalue weighted by molar-refractivity contribution is 6.01. The van der Waals surface area contributed by atoms with Gasteiger partial charge in [0.25, 0.3) is 5.91 Å². The molecule has 0 bridgehead atoms. The lowest BCUT2D eigenvalue weighted by Gasteiger charge is -2.32. The molecular formula is C29H32N6O4. The van der Waals surface area contributed by atoms with E-state index in [1.165, 1.54) is 0 Å². The number of aliphatic hydroxyl groups excluding tert-OH is 1. The van der Waals surface area contributed by atoms with Gasteiger partial charge in [-0.2, -0.15) is 0 Å². The molecule has 0 fully saturated rings. The predicted octanol–water partition coefficient (Wildman–Crippen LogP) is 4.35. The number of nitrogens with one attached hydrogen (secondary N) is 1. The van der Waals surface area contributed by atoms with Crippen molar-refractivity contribution in [1.82, 2.24) is 10.4 Å². The second-order valence-electron chi connectivity index (χ2n) is 9.37. The monoisotopic (exact) mass is 528 g/mol. The van der Waals surface area contributed by atoms with E-state index in [1.54, 1.807) is 19.1 Å². The van der Waals surface area contributed by atoms with Gasteiger partial charge in [-0.25, -0.2) is 10.0 Å². The average molecular weight is 529 g/mol. The number of hydrazine groups is 1. The number of rotatable bonds is 12. The van der Waals surface area contributed by atoms with Gasteiger partial charge < -0.3 is 14.6 Å². The minimum atomic E-state index is -1.36. The summed E-state index contributed by atoms with van der Waals surface area (Å²) in [6, 6.07) is 24.4. The molecule has 1 aliphatic heterocycles. The number of azide groups is 1. The Morgan fingerprint density at radius 1 is 1.10 bits per heavy atom. The fourth-order valence-electron chi connectivity index (χ4n) is 4.49. The largest absolute Gasteiger partial charge is 0.494 e. The Labute approximate surface area is 227 Å². The first kappa shape index (κ1) is 27.7. The lowest BCUT2D eigenvalue weighted by Crippen LogP contribution is -2.53. The molecule has 1 amide bonds. The molecule has 0 unspecified atom stereocenters. The van der Waals surface area contributed by atoms with Gasteiger partial charge >= 0.3 is 0 Å². The molecule has 0 aliphatic carbocycles. The molecule has 2 atom stereocenters. The number of nitrogens with zero attached hydrogens (tertiary/aromatic N) is 5. The quantitative estimate of drug-likeness (QED) is 0.119.